The standard InChI is InChI=1S/C19H21N5O4S2.Na.H/c1-2-3-9-8-29-17-15(16(26)24(17)14(9)18(27)28)23(13(25)7-20)10-4-5-11-12(6-10)30-19(21)22-11;;/h4-6,15,17H,2-3,7-8,20H2,1H3,(H2,21,22)(H,27,28);;/q;+1;-1. The molecule has 31 heavy (non-hydrogen) atoms. The van der Waals surface area contributed by atoms with E-state index in [0.29, 0.717) is 28.5 Å². The Hall–Kier alpha value is -1.63. The van der Waals surface area contributed by atoms with Crippen molar-refractivity contribution in [1.82, 2.24) is 9.88 Å². The summed E-state index contributed by atoms with van der Waals surface area (Å²) in [6, 6.07) is 4.39. The number of nitrogens with two attached hydrogens (primary N) is 2. The molecule has 2 aliphatic rings. The molecule has 1 saturated heterocycles. The first-order valence-corrected chi connectivity index (χ1v) is 11.3. The van der Waals surface area contributed by atoms with Gasteiger partial charge in [0.05, 0.1) is 16.8 Å². The van der Waals surface area contributed by atoms with E-state index in [0.717, 1.165) is 16.7 Å². The molecule has 2 aliphatic heterocycles. The van der Waals surface area contributed by atoms with Gasteiger partial charge in [0.15, 0.2) is 5.13 Å². The van der Waals surface area contributed by atoms with E-state index in [2.05, 4.69) is 4.98 Å². The number of benzene rings is 1. The van der Waals surface area contributed by atoms with E-state index < -0.39 is 29.2 Å². The molecule has 1 aromatic carbocycles. The van der Waals surface area contributed by atoms with Crippen molar-refractivity contribution >= 4 is 61.9 Å². The number of nitrogen functional groups attached to an aromatic ring is 1. The molecule has 0 aliphatic carbocycles. The predicted octanol–water partition coefficient (Wildman–Crippen LogP) is -1.29. The number of aromatic nitrogens is 1. The molecular weight excluding hydrogens is 449 g/mol. The number of carboxylic acid groups (broad SMARTS) is 1. The van der Waals surface area contributed by atoms with Crippen LogP contribution in [-0.4, -0.2) is 56.5 Å². The van der Waals surface area contributed by atoms with E-state index >= 15 is 0 Å². The third kappa shape index (κ3) is 4.10. The summed E-state index contributed by atoms with van der Waals surface area (Å²) in [4.78, 5) is 44.6. The summed E-state index contributed by atoms with van der Waals surface area (Å²) < 4.78 is 0.788. The van der Waals surface area contributed by atoms with Crippen LogP contribution in [0.1, 0.15) is 21.2 Å². The maximum atomic E-state index is 13.1. The maximum absolute atomic E-state index is 13.1. The van der Waals surface area contributed by atoms with Crippen LogP contribution in [0.5, 0.6) is 0 Å². The van der Waals surface area contributed by atoms with Crippen molar-refractivity contribution in [2.75, 3.05) is 22.9 Å². The number of hydrogen-bond acceptors (Lipinski definition) is 8. The molecule has 0 spiro atoms. The zero-order chi connectivity index (χ0) is 21.6. The minimum absolute atomic E-state index is 0. The van der Waals surface area contributed by atoms with Gasteiger partial charge in [0, 0.05) is 11.4 Å². The van der Waals surface area contributed by atoms with Gasteiger partial charge in [-0.25, -0.2) is 9.78 Å². The van der Waals surface area contributed by atoms with E-state index in [1.54, 1.807) is 18.2 Å². The van der Waals surface area contributed by atoms with Crippen LogP contribution in [0.25, 0.3) is 10.2 Å². The Bertz CT molecular complexity index is 1090. The van der Waals surface area contributed by atoms with Crippen molar-refractivity contribution < 1.29 is 50.5 Å². The summed E-state index contributed by atoms with van der Waals surface area (Å²) >= 11 is 2.76. The van der Waals surface area contributed by atoms with Crippen molar-refractivity contribution in [3.63, 3.8) is 0 Å². The Morgan fingerprint density at radius 2 is 2.16 bits per heavy atom. The number of nitrogens with zero attached hydrogens (tertiary/aromatic N) is 3. The third-order valence-electron chi connectivity index (χ3n) is 5.16. The van der Waals surface area contributed by atoms with Crippen LogP contribution < -0.4 is 45.9 Å². The third-order valence-corrected chi connectivity index (χ3v) is 7.33. The van der Waals surface area contributed by atoms with Crippen LogP contribution in [0.3, 0.4) is 0 Å². The molecule has 4 rings (SSSR count). The van der Waals surface area contributed by atoms with Crippen LogP contribution in [-0.2, 0) is 14.4 Å². The van der Waals surface area contributed by atoms with E-state index in [-0.39, 0.29) is 43.2 Å². The number of amides is 2. The van der Waals surface area contributed by atoms with Gasteiger partial charge in [0.1, 0.15) is 17.1 Å². The van der Waals surface area contributed by atoms with Crippen molar-refractivity contribution in [3.05, 3.63) is 29.5 Å². The topological polar surface area (TPSA) is 143 Å². The smallest absolute Gasteiger partial charge is 1.00 e. The number of thiazole rings is 1. The van der Waals surface area contributed by atoms with Gasteiger partial charge in [-0.15, -0.1) is 11.8 Å². The molecule has 1 fully saturated rings. The summed E-state index contributed by atoms with van der Waals surface area (Å²) in [5.41, 5.74) is 13.4. The molecule has 2 atom stereocenters. The Kier molecular flexibility index (Phi) is 7.34. The number of hydrogen-bond donors (Lipinski definition) is 3. The first-order chi connectivity index (χ1) is 14.4. The zero-order valence-electron chi connectivity index (χ0n) is 18.2. The zero-order valence-corrected chi connectivity index (χ0v) is 20.8. The molecular formula is C19H22N5NaO4S2. The van der Waals surface area contributed by atoms with E-state index in [9.17, 15) is 19.5 Å². The molecule has 2 unspecified atom stereocenters. The number of aliphatic carboxylic acids is 1. The minimum Gasteiger partial charge on any atom is -1.00 e. The van der Waals surface area contributed by atoms with Gasteiger partial charge in [-0.3, -0.25) is 19.4 Å². The molecule has 5 N–H and O–H groups in total. The second kappa shape index (κ2) is 9.47. The second-order valence-corrected chi connectivity index (χ2v) is 9.20. The maximum Gasteiger partial charge on any atom is 1.00 e. The molecule has 0 bridgehead atoms. The Morgan fingerprint density at radius 3 is 2.81 bits per heavy atom. The number of β-lactam (4-membered cyclic amide) rings is 1. The van der Waals surface area contributed by atoms with Crippen molar-refractivity contribution in [3.8, 4) is 0 Å². The SMILES string of the molecule is CCCC1=C(C(=O)O)N2C(=O)C(N(C(=O)CN)c3ccc4nc(N)sc4c3)C2SC1.[H-].[Na+]. The van der Waals surface area contributed by atoms with Crippen LogP contribution in [0.15, 0.2) is 29.5 Å². The van der Waals surface area contributed by atoms with E-state index in [1.807, 2.05) is 6.92 Å². The normalized spacial score (nSPS) is 20.2. The number of fused-ring (bicyclic) bond motifs is 2. The molecule has 2 amide bonds. The molecule has 1 aromatic heterocycles. The molecule has 0 radical (unpaired) electrons. The van der Waals surface area contributed by atoms with Gasteiger partial charge in [0.2, 0.25) is 5.91 Å². The second-order valence-electron chi connectivity index (χ2n) is 7.03. The van der Waals surface area contributed by atoms with E-state index in [4.69, 9.17) is 11.5 Å². The number of carbonyl (C=O) groups is 3. The first-order valence-electron chi connectivity index (χ1n) is 9.45. The van der Waals surface area contributed by atoms with Crippen LogP contribution in [0.4, 0.5) is 10.8 Å². The molecule has 3 heterocycles. The fourth-order valence-corrected chi connectivity index (χ4v) is 6.10. The average molecular weight is 472 g/mol. The van der Waals surface area contributed by atoms with Crippen LogP contribution >= 0.6 is 23.1 Å². The fraction of sp³-hybridized carbons (Fsp3) is 0.368. The summed E-state index contributed by atoms with van der Waals surface area (Å²) in [5.74, 6) is -1.43. The quantitative estimate of drug-likeness (QED) is 0.349. The number of rotatable bonds is 6. The van der Waals surface area contributed by atoms with Crippen molar-refractivity contribution in [2.24, 2.45) is 5.73 Å². The van der Waals surface area contributed by atoms with E-state index in [1.165, 1.54) is 32.9 Å². The van der Waals surface area contributed by atoms with Gasteiger partial charge in [-0.2, -0.15) is 0 Å². The number of anilines is 2. The number of carbonyl (C=O) groups excluding carboxylic acids is 2. The fourth-order valence-electron chi connectivity index (χ4n) is 3.90. The largest absolute Gasteiger partial charge is 1.00 e. The molecule has 9 nitrogen and oxygen atoms in total. The number of carboxylic acids is 1. The van der Waals surface area contributed by atoms with Gasteiger partial charge in [0.25, 0.3) is 5.91 Å². The molecule has 160 valence electrons. The summed E-state index contributed by atoms with van der Waals surface area (Å²) in [6.07, 6.45) is 1.41. The van der Waals surface area contributed by atoms with Gasteiger partial charge < -0.3 is 18.0 Å². The Morgan fingerprint density at radius 1 is 1.42 bits per heavy atom. The van der Waals surface area contributed by atoms with Crippen molar-refractivity contribution in [1.29, 1.82) is 0 Å². The summed E-state index contributed by atoms with van der Waals surface area (Å²) in [6.45, 7) is 1.70. The predicted molar refractivity (Wildman–Crippen MR) is 118 cm³/mol. The molecule has 0 saturated carbocycles. The summed E-state index contributed by atoms with van der Waals surface area (Å²) in [7, 11) is 0. The van der Waals surface area contributed by atoms with Gasteiger partial charge in [-0.05, 0) is 30.2 Å². The number of thioether (sulfide) groups is 1. The van der Waals surface area contributed by atoms with Crippen LogP contribution in [0, 0.1) is 0 Å². The van der Waals surface area contributed by atoms with Crippen molar-refractivity contribution in [2.45, 2.75) is 31.2 Å². The van der Waals surface area contributed by atoms with Crippen LogP contribution in [0.2, 0.25) is 0 Å². The molecule has 2 aromatic rings. The minimum atomic E-state index is -1.12. The molecule has 12 heteroatoms. The van der Waals surface area contributed by atoms with Gasteiger partial charge in [-0.1, -0.05) is 24.7 Å². The average Bonchev–Trinajstić information content (AvgIpc) is 3.10. The van der Waals surface area contributed by atoms with Gasteiger partial charge >= 0.3 is 35.5 Å². The Balaban J connectivity index is 0.00000181. The summed E-state index contributed by atoms with van der Waals surface area (Å²) in [5, 5.41) is 9.65. The monoisotopic (exact) mass is 471 g/mol. The Labute approximate surface area is 210 Å². The first kappa shape index (κ1) is 24.0.